The van der Waals surface area contributed by atoms with Gasteiger partial charge >= 0.3 is 0 Å². The van der Waals surface area contributed by atoms with Crippen LogP contribution in [0.3, 0.4) is 0 Å². The largest absolute Gasteiger partial charge is 0.326 e. The van der Waals surface area contributed by atoms with Gasteiger partial charge in [-0.25, -0.2) is 0 Å². The van der Waals surface area contributed by atoms with Crippen LogP contribution < -0.4 is 5.73 Å². The Balaban J connectivity index is 0.00000112. The van der Waals surface area contributed by atoms with E-state index in [-0.39, 0.29) is 24.8 Å². The van der Waals surface area contributed by atoms with Crippen molar-refractivity contribution >= 4 is 24.8 Å². The van der Waals surface area contributed by atoms with Crippen LogP contribution in [0.1, 0.15) is 17.5 Å². The molecule has 2 rings (SSSR count). The fourth-order valence-electron chi connectivity index (χ4n) is 2.07. The quantitative estimate of drug-likeness (QED) is 0.887. The summed E-state index contributed by atoms with van der Waals surface area (Å²) in [5.41, 5.74) is 8.61. The summed E-state index contributed by atoms with van der Waals surface area (Å²) in [5.74, 6) is 0. The number of hydrogen-bond donors (Lipinski definition) is 1. The maximum absolute atomic E-state index is 5.87. The third-order valence-electron chi connectivity index (χ3n) is 2.80. The fraction of sp³-hybridized carbons (Fsp3) is 0.500. The van der Waals surface area contributed by atoms with Crippen LogP contribution in [0.4, 0.5) is 0 Å². The lowest BCUT2D eigenvalue weighted by molar-refractivity contribution is 0.327. The van der Waals surface area contributed by atoms with E-state index in [1.807, 2.05) is 0 Å². The highest BCUT2D eigenvalue weighted by molar-refractivity contribution is 5.85. The van der Waals surface area contributed by atoms with Crippen molar-refractivity contribution in [3.05, 3.63) is 35.4 Å². The van der Waals surface area contributed by atoms with E-state index in [1.165, 1.54) is 11.1 Å². The molecule has 1 heterocycles. The number of nitrogens with two attached hydrogens (primary N) is 1. The van der Waals surface area contributed by atoms with Crippen LogP contribution >= 0.6 is 24.8 Å². The first-order valence-corrected chi connectivity index (χ1v) is 5.27. The summed E-state index contributed by atoms with van der Waals surface area (Å²) >= 11 is 0. The van der Waals surface area contributed by atoms with Crippen LogP contribution in [0, 0.1) is 6.92 Å². The summed E-state index contributed by atoms with van der Waals surface area (Å²) in [7, 11) is 0. The Morgan fingerprint density at radius 1 is 1.38 bits per heavy atom. The van der Waals surface area contributed by atoms with Crippen molar-refractivity contribution in [2.45, 2.75) is 25.9 Å². The lowest BCUT2D eigenvalue weighted by Crippen LogP contribution is -2.26. The first-order chi connectivity index (χ1) is 6.74. The van der Waals surface area contributed by atoms with Crippen molar-refractivity contribution in [3.63, 3.8) is 0 Å². The van der Waals surface area contributed by atoms with E-state index < -0.39 is 0 Å². The summed E-state index contributed by atoms with van der Waals surface area (Å²) in [6.07, 6.45) is 1.14. The Morgan fingerprint density at radius 2 is 2.12 bits per heavy atom. The van der Waals surface area contributed by atoms with Crippen molar-refractivity contribution in [1.29, 1.82) is 0 Å². The molecule has 0 saturated carbocycles. The number of rotatable bonds is 2. The molecule has 0 amide bonds. The summed E-state index contributed by atoms with van der Waals surface area (Å²) in [6.45, 7) is 5.39. The molecular formula is C12H20Cl2N2. The second-order valence-electron chi connectivity index (χ2n) is 4.27. The molecule has 16 heavy (non-hydrogen) atoms. The maximum Gasteiger partial charge on any atom is 0.0234 e. The monoisotopic (exact) mass is 262 g/mol. The van der Waals surface area contributed by atoms with Gasteiger partial charge in [-0.3, -0.25) is 4.90 Å². The minimum Gasteiger partial charge on any atom is -0.326 e. The molecule has 1 fully saturated rings. The number of benzene rings is 1. The molecule has 0 bridgehead atoms. The second kappa shape index (κ2) is 7.13. The zero-order valence-corrected chi connectivity index (χ0v) is 11.2. The van der Waals surface area contributed by atoms with Crippen molar-refractivity contribution in [1.82, 2.24) is 4.90 Å². The van der Waals surface area contributed by atoms with E-state index in [0.29, 0.717) is 6.04 Å². The number of aryl methyl sites for hydroxylation is 1. The summed E-state index contributed by atoms with van der Waals surface area (Å²) < 4.78 is 0. The zero-order valence-electron chi connectivity index (χ0n) is 9.56. The second-order valence-corrected chi connectivity index (χ2v) is 4.27. The number of halogens is 2. The van der Waals surface area contributed by atoms with Crippen molar-refractivity contribution in [2.24, 2.45) is 5.73 Å². The standard InChI is InChI=1S/C12H18N2.2ClH/c1-10-3-2-4-11(7-10)8-14-6-5-12(13)9-14;;/h2-4,7,12H,5-6,8-9,13H2,1H3;2*1H/t12-;;/m0../s1. The molecule has 0 spiro atoms. The van der Waals surface area contributed by atoms with Gasteiger partial charge in [-0.2, -0.15) is 0 Å². The average Bonchev–Trinajstić information content (AvgIpc) is 2.51. The summed E-state index contributed by atoms with van der Waals surface area (Å²) in [4.78, 5) is 2.43. The molecule has 2 N–H and O–H groups in total. The summed E-state index contributed by atoms with van der Waals surface area (Å²) in [5, 5.41) is 0. The number of hydrogen-bond acceptors (Lipinski definition) is 2. The van der Waals surface area contributed by atoms with E-state index >= 15 is 0 Å². The fourth-order valence-corrected chi connectivity index (χ4v) is 2.07. The van der Waals surface area contributed by atoms with Crippen LogP contribution in [-0.2, 0) is 6.54 Å². The zero-order chi connectivity index (χ0) is 9.97. The van der Waals surface area contributed by atoms with Crippen molar-refractivity contribution in [3.8, 4) is 0 Å². The predicted octanol–water partition coefficient (Wildman–Crippen LogP) is 2.37. The van der Waals surface area contributed by atoms with Gasteiger partial charge in [0.2, 0.25) is 0 Å². The van der Waals surface area contributed by atoms with Crippen LogP contribution in [0.2, 0.25) is 0 Å². The Hall–Kier alpha value is -0.280. The van der Waals surface area contributed by atoms with E-state index in [4.69, 9.17) is 5.73 Å². The lowest BCUT2D eigenvalue weighted by atomic mass is 10.1. The van der Waals surface area contributed by atoms with E-state index in [2.05, 4.69) is 36.1 Å². The molecule has 4 heteroatoms. The molecule has 1 aliphatic rings. The van der Waals surface area contributed by atoms with Gasteiger partial charge in [-0.15, -0.1) is 24.8 Å². The van der Waals surface area contributed by atoms with Crippen LogP contribution in [0.15, 0.2) is 24.3 Å². The van der Waals surface area contributed by atoms with Gasteiger partial charge in [0, 0.05) is 25.7 Å². The average molecular weight is 263 g/mol. The Kier molecular flexibility index (Phi) is 7.00. The SMILES string of the molecule is Cc1cccc(CN2CC[C@H](N)C2)c1.Cl.Cl. The molecule has 92 valence electrons. The van der Waals surface area contributed by atoms with Gasteiger partial charge in [0.15, 0.2) is 0 Å². The maximum atomic E-state index is 5.87. The third kappa shape index (κ3) is 4.30. The van der Waals surface area contributed by atoms with E-state index in [9.17, 15) is 0 Å². The first-order valence-electron chi connectivity index (χ1n) is 5.27. The van der Waals surface area contributed by atoms with Crippen LogP contribution in [0.25, 0.3) is 0 Å². The molecule has 1 aromatic rings. The smallest absolute Gasteiger partial charge is 0.0234 e. The molecular weight excluding hydrogens is 243 g/mol. The first kappa shape index (κ1) is 15.7. The minimum absolute atomic E-state index is 0. The molecule has 2 nitrogen and oxygen atoms in total. The normalized spacial score (nSPS) is 20.0. The highest BCUT2D eigenvalue weighted by Crippen LogP contribution is 2.12. The van der Waals surface area contributed by atoms with Gasteiger partial charge in [-0.1, -0.05) is 29.8 Å². The topological polar surface area (TPSA) is 29.3 Å². The molecule has 1 saturated heterocycles. The van der Waals surface area contributed by atoms with Gasteiger partial charge < -0.3 is 5.73 Å². The highest BCUT2D eigenvalue weighted by atomic mass is 35.5. The number of nitrogens with zero attached hydrogens (tertiary/aromatic N) is 1. The predicted molar refractivity (Wildman–Crippen MR) is 73.5 cm³/mol. The highest BCUT2D eigenvalue weighted by Gasteiger charge is 2.18. The minimum atomic E-state index is 0. The lowest BCUT2D eigenvalue weighted by Gasteiger charge is -2.15. The van der Waals surface area contributed by atoms with Gasteiger partial charge in [0.25, 0.3) is 0 Å². The van der Waals surface area contributed by atoms with E-state index in [1.54, 1.807) is 0 Å². The van der Waals surface area contributed by atoms with Gasteiger partial charge in [-0.05, 0) is 18.9 Å². The van der Waals surface area contributed by atoms with Crippen molar-refractivity contribution < 1.29 is 0 Å². The summed E-state index contributed by atoms with van der Waals surface area (Å²) in [6, 6.07) is 9.10. The Morgan fingerprint density at radius 3 is 2.69 bits per heavy atom. The van der Waals surface area contributed by atoms with Gasteiger partial charge in [0.1, 0.15) is 0 Å². The Labute approximate surface area is 110 Å². The Bertz CT molecular complexity index is 318. The molecule has 1 aromatic carbocycles. The van der Waals surface area contributed by atoms with Crippen LogP contribution in [0.5, 0.6) is 0 Å². The molecule has 0 unspecified atom stereocenters. The molecule has 0 radical (unpaired) electrons. The van der Waals surface area contributed by atoms with E-state index in [0.717, 1.165) is 26.1 Å². The van der Waals surface area contributed by atoms with Crippen LogP contribution in [-0.4, -0.2) is 24.0 Å². The molecule has 1 atom stereocenters. The molecule has 1 aliphatic heterocycles. The van der Waals surface area contributed by atoms with Gasteiger partial charge in [0.05, 0.1) is 0 Å². The molecule has 0 aromatic heterocycles. The number of likely N-dealkylation sites (tertiary alicyclic amines) is 1. The van der Waals surface area contributed by atoms with Crippen molar-refractivity contribution in [2.75, 3.05) is 13.1 Å². The molecule has 0 aliphatic carbocycles. The third-order valence-corrected chi connectivity index (χ3v) is 2.80.